The van der Waals surface area contributed by atoms with Gasteiger partial charge in [0.05, 0.1) is 23.3 Å². The molecule has 1 aliphatic heterocycles. The highest BCUT2D eigenvalue weighted by molar-refractivity contribution is 6.36. The van der Waals surface area contributed by atoms with E-state index < -0.39 is 0 Å². The molecule has 1 saturated heterocycles. The molecule has 8 heteroatoms. The molecule has 6 nitrogen and oxygen atoms in total. The van der Waals surface area contributed by atoms with E-state index in [-0.39, 0.29) is 23.4 Å². The maximum Gasteiger partial charge on any atom is 0.241 e. The van der Waals surface area contributed by atoms with Crippen molar-refractivity contribution >= 4 is 40.7 Å². The number of carbonyl (C=O) groups is 2. The van der Waals surface area contributed by atoms with Crippen molar-refractivity contribution in [2.75, 3.05) is 38.0 Å². The Labute approximate surface area is 177 Å². The third-order valence-electron chi connectivity index (χ3n) is 4.62. The summed E-state index contributed by atoms with van der Waals surface area (Å²) < 4.78 is 0. The Morgan fingerprint density at radius 1 is 1.14 bits per heavy atom. The highest BCUT2D eigenvalue weighted by atomic mass is 35.5. The number of hydrogen-bond acceptors (Lipinski definition) is 4. The van der Waals surface area contributed by atoms with Crippen molar-refractivity contribution in [3.63, 3.8) is 0 Å². The molecule has 0 saturated carbocycles. The van der Waals surface area contributed by atoms with Gasteiger partial charge in [-0.3, -0.25) is 19.4 Å². The third-order valence-corrected chi connectivity index (χ3v) is 5.17. The Morgan fingerprint density at radius 3 is 2.50 bits per heavy atom. The lowest BCUT2D eigenvalue weighted by Gasteiger charge is -2.27. The van der Waals surface area contributed by atoms with E-state index in [0.717, 1.165) is 32.6 Å². The normalized spacial score (nSPS) is 17.6. The molecule has 0 bridgehead atoms. The summed E-state index contributed by atoms with van der Waals surface area (Å²) in [5, 5.41) is 6.81. The van der Waals surface area contributed by atoms with Crippen LogP contribution in [0.1, 0.15) is 34.1 Å². The highest BCUT2D eigenvalue weighted by Gasteiger charge is 2.25. The largest absolute Gasteiger partial charge is 0.350 e. The maximum atomic E-state index is 12.7. The first kappa shape index (κ1) is 22.9. The molecule has 28 heavy (non-hydrogen) atoms. The lowest BCUT2D eigenvalue weighted by molar-refractivity contribution is -0.124. The van der Waals surface area contributed by atoms with E-state index in [0.29, 0.717) is 22.3 Å². The Bertz CT molecular complexity index is 706. The fraction of sp³-hybridized carbons (Fsp3) is 0.600. The molecule has 156 valence electrons. The summed E-state index contributed by atoms with van der Waals surface area (Å²) in [5.41, 5.74) is 0.322. The van der Waals surface area contributed by atoms with Crippen LogP contribution in [0, 0.1) is 0 Å². The molecule has 0 aliphatic carbocycles. The predicted molar refractivity (Wildman–Crippen MR) is 115 cm³/mol. The monoisotopic (exact) mass is 428 g/mol. The van der Waals surface area contributed by atoms with Crippen LogP contribution in [0.25, 0.3) is 0 Å². The fourth-order valence-electron chi connectivity index (χ4n) is 3.19. The maximum absolute atomic E-state index is 12.7. The zero-order chi connectivity index (χ0) is 20.9. The van der Waals surface area contributed by atoms with Gasteiger partial charge in [-0.25, -0.2) is 0 Å². The minimum atomic E-state index is -0.296. The van der Waals surface area contributed by atoms with Crippen molar-refractivity contribution < 1.29 is 9.59 Å². The van der Waals surface area contributed by atoms with E-state index in [2.05, 4.69) is 20.4 Å². The number of rotatable bonds is 5. The molecule has 0 radical (unpaired) electrons. The zero-order valence-corrected chi connectivity index (χ0v) is 18.5. The van der Waals surface area contributed by atoms with Crippen molar-refractivity contribution in [2.45, 2.75) is 45.7 Å². The van der Waals surface area contributed by atoms with Crippen LogP contribution in [0.5, 0.6) is 0 Å². The Kier molecular flexibility index (Phi) is 8.13. The SMILES string of the molecule is C[C@H](C(=O)Nc1ccc(Cl)cc1Cl)N1CCCN(CC(=O)NC(C)(C)C)CC1. The highest BCUT2D eigenvalue weighted by Crippen LogP contribution is 2.25. The van der Waals surface area contributed by atoms with Gasteiger partial charge in [-0.1, -0.05) is 23.2 Å². The van der Waals surface area contributed by atoms with Gasteiger partial charge < -0.3 is 10.6 Å². The van der Waals surface area contributed by atoms with Crippen molar-refractivity contribution in [1.82, 2.24) is 15.1 Å². The van der Waals surface area contributed by atoms with Crippen molar-refractivity contribution in [3.05, 3.63) is 28.2 Å². The summed E-state index contributed by atoms with van der Waals surface area (Å²) >= 11 is 12.0. The number of nitrogens with one attached hydrogen (secondary N) is 2. The molecule has 0 unspecified atom stereocenters. The van der Waals surface area contributed by atoms with Crippen molar-refractivity contribution in [2.24, 2.45) is 0 Å². The standard InChI is InChI=1S/C20H30Cl2N4O2/c1-14(19(28)23-17-7-6-15(21)12-16(17)22)26-9-5-8-25(10-11-26)13-18(27)24-20(2,3)4/h6-7,12,14H,5,8-11,13H2,1-4H3,(H,23,28)(H,24,27)/t14-/m1/s1. The molecule has 1 aromatic rings. The minimum Gasteiger partial charge on any atom is -0.350 e. The molecule has 1 fully saturated rings. The van der Waals surface area contributed by atoms with Crippen LogP contribution in [0.15, 0.2) is 18.2 Å². The molecular formula is C20H30Cl2N4O2. The second-order valence-corrected chi connectivity index (χ2v) is 9.10. The number of amides is 2. The molecule has 2 N–H and O–H groups in total. The molecule has 1 atom stereocenters. The summed E-state index contributed by atoms with van der Waals surface area (Å²) in [6.45, 7) is 11.3. The average Bonchev–Trinajstić information content (AvgIpc) is 2.80. The summed E-state index contributed by atoms with van der Waals surface area (Å²) in [4.78, 5) is 29.1. The van der Waals surface area contributed by atoms with E-state index in [1.807, 2.05) is 27.7 Å². The first-order valence-electron chi connectivity index (χ1n) is 9.58. The van der Waals surface area contributed by atoms with Gasteiger partial charge in [0.1, 0.15) is 0 Å². The van der Waals surface area contributed by atoms with Crippen LogP contribution in [-0.4, -0.2) is 65.9 Å². The van der Waals surface area contributed by atoms with Gasteiger partial charge in [-0.05, 0) is 58.9 Å². The summed E-state index contributed by atoms with van der Waals surface area (Å²) in [6, 6.07) is 4.71. The molecule has 0 aromatic heterocycles. The minimum absolute atomic E-state index is 0.0316. The quantitative estimate of drug-likeness (QED) is 0.755. The van der Waals surface area contributed by atoms with Gasteiger partial charge in [0.2, 0.25) is 11.8 Å². The Morgan fingerprint density at radius 2 is 1.86 bits per heavy atom. The van der Waals surface area contributed by atoms with E-state index >= 15 is 0 Å². The first-order valence-corrected chi connectivity index (χ1v) is 10.3. The van der Waals surface area contributed by atoms with Crippen molar-refractivity contribution in [3.8, 4) is 0 Å². The van der Waals surface area contributed by atoms with Gasteiger partial charge in [0.15, 0.2) is 0 Å². The van der Waals surface area contributed by atoms with Crippen LogP contribution < -0.4 is 10.6 Å². The number of anilines is 1. The van der Waals surface area contributed by atoms with Gasteiger partial charge in [-0.2, -0.15) is 0 Å². The number of halogens is 2. The summed E-state index contributed by atoms with van der Waals surface area (Å²) in [7, 11) is 0. The lowest BCUT2D eigenvalue weighted by atomic mass is 10.1. The van der Waals surface area contributed by atoms with E-state index in [1.165, 1.54) is 0 Å². The van der Waals surface area contributed by atoms with Crippen LogP contribution in [0.3, 0.4) is 0 Å². The lowest BCUT2D eigenvalue weighted by Crippen LogP contribution is -2.47. The number of benzene rings is 1. The smallest absolute Gasteiger partial charge is 0.241 e. The van der Waals surface area contributed by atoms with Crippen LogP contribution in [0.4, 0.5) is 5.69 Å². The zero-order valence-electron chi connectivity index (χ0n) is 17.0. The van der Waals surface area contributed by atoms with Crippen LogP contribution in [-0.2, 0) is 9.59 Å². The van der Waals surface area contributed by atoms with Gasteiger partial charge >= 0.3 is 0 Å². The number of nitrogens with zero attached hydrogens (tertiary/aromatic N) is 2. The first-order chi connectivity index (χ1) is 13.0. The second-order valence-electron chi connectivity index (χ2n) is 8.25. The summed E-state index contributed by atoms with van der Waals surface area (Å²) in [5.74, 6) is -0.0766. The van der Waals surface area contributed by atoms with Crippen molar-refractivity contribution in [1.29, 1.82) is 0 Å². The molecule has 0 spiro atoms. The van der Waals surface area contributed by atoms with E-state index in [4.69, 9.17) is 23.2 Å². The Balaban J connectivity index is 1.88. The van der Waals surface area contributed by atoms with E-state index in [1.54, 1.807) is 18.2 Å². The van der Waals surface area contributed by atoms with Gasteiger partial charge in [0, 0.05) is 30.2 Å². The number of carbonyl (C=O) groups excluding carboxylic acids is 2. The number of hydrogen-bond donors (Lipinski definition) is 2. The third kappa shape index (κ3) is 7.24. The van der Waals surface area contributed by atoms with E-state index in [9.17, 15) is 9.59 Å². The molecule has 2 amide bonds. The molecular weight excluding hydrogens is 399 g/mol. The Hall–Kier alpha value is -1.34. The topological polar surface area (TPSA) is 64.7 Å². The van der Waals surface area contributed by atoms with Crippen LogP contribution >= 0.6 is 23.2 Å². The average molecular weight is 429 g/mol. The molecule has 1 aliphatic rings. The van der Waals surface area contributed by atoms with Gasteiger partial charge in [-0.15, -0.1) is 0 Å². The molecule has 2 rings (SSSR count). The fourth-order valence-corrected chi connectivity index (χ4v) is 3.65. The van der Waals surface area contributed by atoms with Gasteiger partial charge in [0.25, 0.3) is 0 Å². The predicted octanol–water partition coefficient (Wildman–Crippen LogP) is 3.24. The molecule has 1 aromatic carbocycles. The van der Waals surface area contributed by atoms with Crippen LogP contribution in [0.2, 0.25) is 10.0 Å². The molecule has 1 heterocycles. The summed E-state index contributed by atoms with van der Waals surface area (Å²) in [6.07, 6.45) is 0.905. The second kappa shape index (κ2) is 9.92.